The van der Waals surface area contributed by atoms with Crippen LogP contribution < -0.4 is 5.73 Å². The van der Waals surface area contributed by atoms with E-state index in [0.29, 0.717) is 18.0 Å². The van der Waals surface area contributed by atoms with Gasteiger partial charge in [0, 0.05) is 6.04 Å². The molecule has 0 bridgehead atoms. The largest absolute Gasteiger partial charge is 0.392 e. The molecule has 2 N–H and O–H groups in total. The van der Waals surface area contributed by atoms with Crippen molar-refractivity contribution in [3.63, 3.8) is 0 Å². The van der Waals surface area contributed by atoms with E-state index in [1.54, 1.807) is 4.90 Å². The number of carbonyl (C=O) groups excluding carboxylic acids is 1. The van der Waals surface area contributed by atoms with Crippen LogP contribution >= 0.6 is 12.2 Å². The molecule has 0 aliphatic rings. The van der Waals surface area contributed by atoms with Crippen molar-refractivity contribution in [1.29, 1.82) is 0 Å². The first-order valence-electron chi connectivity index (χ1n) is 7.03. The van der Waals surface area contributed by atoms with Gasteiger partial charge in [-0.1, -0.05) is 54.7 Å². The Morgan fingerprint density at radius 1 is 1.19 bits per heavy atom. The topological polar surface area (TPSA) is 46.3 Å². The molecule has 0 saturated carbocycles. The van der Waals surface area contributed by atoms with Gasteiger partial charge < -0.3 is 10.6 Å². The van der Waals surface area contributed by atoms with Crippen LogP contribution in [0.25, 0.3) is 10.8 Å². The third-order valence-electron chi connectivity index (χ3n) is 3.44. The van der Waals surface area contributed by atoms with Crippen LogP contribution in [0.4, 0.5) is 0 Å². The summed E-state index contributed by atoms with van der Waals surface area (Å²) >= 11 is 4.92. The molecule has 0 aliphatic carbocycles. The highest BCUT2D eigenvalue weighted by Crippen LogP contribution is 2.16. The van der Waals surface area contributed by atoms with E-state index < -0.39 is 0 Å². The molecule has 21 heavy (non-hydrogen) atoms. The predicted octanol–water partition coefficient (Wildman–Crippen LogP) is 2.91. The van der Waals surface area contributed by atoms with Crippen LogP contribution in [0.2, 0.25) is 0 Å². The molecule has 0 heterocycles. The number of nitrogens with zero attached hydrogens (tertiary/aromatic N) is 1. The molecule has 0 saturated heterocycles. The Kier molecular flexibility index (Phi) is 4.91. The maximum Gasteiger partial charge on any atom is 0.227 e. The number of fused-ring (bicyclic) bond motifs is 1. The van der Waals surface area contributed by atoms with Crippen LogP contribution in [0.5, 0.6) is 0 Å². The van der Waals surface area contributed by atoms with E-state index in [0.717, 1.165) is 10.9 Å². The van der Waals surface area contributed by atoms with Crippen molar-refractivity contribution in [2.75, 3.05) is 6.54 Å². The molecular formula is C17H20N2OS. The third-order valence-corrected chi connectivity index (χ3v) is 3.57. The number of amides is 1. The molecule has 2 aromatic rings. The minimum absolute atomic E-state index is 0.0491. The molecule has 3 nitrogen and oxygen atoms in total. The fourth-order valence-corrected chi connectivity index (χ4v) is 2.49. The van der Waals surface area contributed by atoms with Crippen LogP contribution in [0, 0.1) is 0 Å². The lowest BCUT2D eigenvalue weighted by Gasteiger charge is -2.26. The first-order chi connectivity index (χ1) is 9.97. The van der Waals surface area contributed by atoms with Gasteiger partial charge in [0.25, 0.3) is 0 Å². The van der Waals surface area contributed by atoms with Gasteiger partial charge in [-0.15, -0.1) is 0 Å². The smallest absolute Gasteiger partial charge is 0.227 e. The average Bonchev–Trinajstić information content (AvgIpc) is 2.44. The van der Waals surface area contributed by atoms with Crippen LogP contribution in [0.3, 0.4) is 0 Å². The Labute approximate surface area is 130 Å². The van der Waals surface area contributed by atoms with Crippen molar-refractivity contribution in [2.45, 2.75) is 26.3 Å². The van der Waals surface area contributed by atoms with Crippen molar-refractivity contribution >= 4 is 33.9 Å². The lowest BCUT2D eigenvalue weighted by Crippen LogP contribution is -2.42. The Balaban J connectivity index is 2.17. The first-order valence-corrected chi connectivity index (χ1v) is 7.43. The number of thiocarbonyl (C=S) groups is 1. The lowest BCUT2D eigenvalue weighted by molar-refractivity contribution is -0.131. The van der Waals surface area contributed by atoms with E-state index in [9.17, 15) is 4.79 Å². The van der Waals surface area contributed by atoms with Gasteiger partial charge in [-0.05, 0) is 30.2 Å². The Morgan fingerprint density at radius 3 is 2.48 bits per heavy atom. The van der Waals surface area contributed by atoms with Crippen molar-refractivity contribution in [3.05, 3.63) is 48.0 Å². The number of hydrogen-bond acceptors (Lipinski definition) is 2. The zero-order valence-corrected chi connectivity index (χ0v) is 13.2. The molecule has 0 atom stereocenters. The zero-order valence-electron chi connectivity index (χ0n) is 12.4. The summed E-state index contributed by atoms with van der Waals surface area (Å²) in [5.74, 6) is 0.0491. The number of benzene rings is 2. The molecule has 0 aromatic heterocycles. The van der Waals surface area contributed by atoms with E-state index in [-0.39, 0.29) is 11.9 Å². The third kappa shape index (κ3) is 4.02. The summed E-state index contributed by atoms with van der Waals surface area (Å²) in [7, 11) is 0. The number of carbonyl (C=O) groups is 1. The second-order valence-electron chi connectivity index (χ2n) is 5.44. The molecule has 0 fully saturated rings. The maximum atomic E-state index is 12.4. The number of rotatable bonds is 5. The molecular weight excluding hydrogens is 280 g/mol. The van der Waals surface area contributed by atoms with E-state index in [4.69, 9.17) is 18.0 Å². The van der Waals surface area contributed by atoms with Crippen molar-refractivity contribution in [2.24, 2.45) is 5.73 Å². The van der Waals surface area contributed by atoms with E-state index in [1.165, 1.54) is 5.39 Å². The highest BCUT2D eigenvalue weighted by Gasteiger charge is 2.18. The second-order valence-corrected chi connectivity index (χ2v) is 5.96. The highest BCUT2D eigenvalue weighted by atomic mass is 32.1. The molecule has 2 rings (SSSR count). The molecule has 4 heteroatoms. The van der Waals surface area contributed by atoms with E-state index >= 15 is 0 Å². The van der Waals surface area contributed by atoms with Crippen LogP contribution in [-0.2, 0) is 11.2 Å². The van der Waals surface area contributed by atoms with E-state index in [2.05, 4.69) is 18.2 Å². The summed E-state index contributed by atoms with van der Waals surface area (Å²) in [6.07, 6.45) is 0.367. The van der Waals surface area contributed by atoms with Gasteiger partial charge in [0.05, 0.1) is 18.0 Å². The van der Waals surface area contributed by atoms with Crippen molar-refractivity contribution in [3.8, 4) is 0 Å². The summed E-state index contributed by atoms with van der Waals surface area (Å²) in [6, 6.07) is 14.3. The normalized spacial score (nSPS) is 10.8. The maximum absolute atomic E-state index is 12.4. The number of nitrogens with two attached hydrogens (primary N) is 1. The summed E-state index contributed by atoms with van der Waals surface area (Å²) < 4.78 is 0. The van der Waals surface area contributed by atoms with Gasteiger partial charge in [-0.25, -0.2) is 0 Å². The molecule has 0 spiro atoms. The van der Waals surface area contributed by atoms with E-state index in [1.807, 2.05) is 38.1 Å². The first kappa shape index (κ1) is 15.4. The molecule has 110 valence electrons. The minimum atomic E-state index is 0.0491. The van der Waals surface area contributed by atoms with Crippen molar-refractivity contribution in [1.82, 2.24) is 4.90 Å². The monoisotopic (exact) mass is 300 g/mol. The fraction of sp³-hybridized carbons (Fsp3) is 0.294. The molecule has 0 radical (unpaired) electrons. The summed E-state index contributed by atoms with van der Waals surface area (Å²) in [5.41, 5.74) is 6.58. The summed E-state index contributed by atoms with van der Waals surface area (Å²) in [5, 5.41) is 2.32. The van der Waals surface area contributed by atoms with Gasteiger partial charge in [0.2, 0.25) is 5.91 Å². The predicted molar refractivity (Wildman–Crippen MR) is 91.3 cm³/mol. The second kappa shape index (κ2) is 6.68. The highest BCUT2D eigenvalue weighted by molar-refractivity contribution is 7.80. The lowest BCUT2D eigenvalue weighted by atomic mass is 10.0. The van der Waals surface area contributed by atoms with Gasteiger partial charge in [-0.2, -0.15) is 0 Å². The molecule has 0 unspecified atom stereocenters. The zero-order chi connectivity index (χ0) is 15.4. The Bertz CT molecular complexity index is 667. The summed E-state index contributed by atoms with van der Waals surface area (Å²) in [6.45, 7) is 4.27. The molecule has 0 aliphatic heterocycles. The van der Waals surface area contributed by atoms with Gasteiger partial charge >= 0.3 is 0 Å². The van der Waals surface area contributed by atoms with Crippen LogP contribution in [-0.4, -0.2) is 28.4 Å². The van der Waals surface area contributed by atoms with Gasteiger partial charge in [-0.3, -0.25) is 4.79 Å². The van der Waals surface area contributed by atoms with Crippen LogP contribution in [0.15, 0.2) is 42.5 Å². The Morgan fingerprint density at radius 2 is 1.86 bits per heavy atom. The fourth-order valence-electron chi connectivity index (χ4n) is 2.35. The van der Waals surface area contributed by atoms with Crippen molar-refractivity contribution < 1.29 is 4.79 Å². The molecule has 1 amide bonds. The standard InChI is InChI=1S/C17H20N2OS/c1-12(2)19(11-16(18)21)17(20)10-13-7-8-14-5-3-4-6-15(14)9-13/h3-9,12H,10-11H2,1-2H3,(H2,18,21). The summed E-state index contributed by atoms with van der Waals surface area (Å²) in [4.78, 5) is 14.5. The SMILES string of the molecule is CC(C)N(CC(N)=S)C(=O)Cc1ccc2ccccc2c1. The molecule has 2 aromatic carbocycles. The van der Waals surface area contributed by atoms with Gasteiger partial charge in [0.15, 0.2) is 0 Å². The number of hydrogen-bond donors (Lipinski definition) is 1. The average molecular weight is 300 g/mol. The van der Waals surface area contributed by atoms with Gasteiger partial charge in [0.1, 0.15) is 0 Å². The quantitative estimate of drug-likeness (QED) is 0.864. The minimum Gasteiger partial charge on any atom is -0.392 e. The Hall–Kier alpha value is -1.94. The van der Waals surface area contributed by atoms with Crippen LogP contribution in [0.1, 0.15) is 19.4 Å².